The van der Waals surface area contributed by atoms with Crippen LogP contribution in [-0.4, -0.2) is 62.2 Å². The highest BCUT2D eigenvalue weighted by molar-refractivity contribution is 4.80. The summed E-state index contributed by atoms with van der Waals surface area (Å²) in [6.45, 7) is 23.2. The molecule has 0 saturated heterocycles. The summed E-state index contributed by atoms with van der Waals surface area (Å²) in [5.41, 5.74) is 0. The maximum Gasteiger partial charge on any atom is 0.0163 e. The summed E-state index contributed by atoms with van der Waals surface area (Å²) in [5.74, 6) is 0. The molecule has 1 N–H and O–H groups in total. The fraction of sp³-hybridized carbons (Fsp3) is 0.556. The van der Waals surface area contributed by atoms with Crippen LogP contribution in [0.1, 0.15) is 12.8 Å². The molecule has 0 aromatic rings. The number of hydrogen-bond donors (Lipinski definition) is 1. The molecule has 0 spiro atoms. The van der Waals surface area contributed by atoms with Crippen LogP contribution in [0.25, 0.3) is 0 Å². The van der Waals surface area contributed by atoms with E-state index in [1.54, 1.807) is 0 Å². The van der Waals surface area contributed by atoms with Crippen LogP contribution < -0.4 is 5.32 Å². The molecule has 0 fully saturated rings. The maximum absolute atomic E-state index is 3.79. The summed E-state index contributed by atoms with van der Waals surface area (Å²) < 4.78 is 0. The first-order valence-electron chi connectivity index (χ1n) is 7.87. The molecule has 0 aromatic carbocycles. The van der Waals surface area contributed by atoms with E-state index in [-0.39, 0.29) is 0 Å². The van der Waals surface area contributed by atoms with Gasteiger partial charge in [-0.2, -0.15) is 0 Å². The van der Waals surface area contributed by atoms with Crippen LogP contribution in [-0.2, 0) is 0 Å². The Morgan fingerprint density at radius 2 is 0.952 bits per heavy atom. The Morgan fingerprint density at radius 1 is 0.619 bits per heavy atom. The van der Waals surface area contributed by atoms with Crippen molar-refractivity contribution in [3.05, 3.63) is 50.6 Å². The largest absolute Gasteiger partial charge is 0.317 e. The van der Waals surface area contributed by atoms with Gasteiger partial charge in [-0.15, -0.1) is 26.3 Å². The summed E-state index contributed by atoms with van der Waals surface area (Å²) >= 11 is 0. The molecule has 3 heteroatoms. The lowest BCUT2D eigenvalue weighted by atomic mass is 10.3. The van der Waals surface area contributed by atoms with Gasteiger partial charge < -0.3 is 5.32 Å². The van der Waals surface area contributed by atoms with Crippen LogP contribution in [0.4, 0.5) is 0 Å². The SMILES string of the molecule is C=CCN(CC=C)CCCNCCCN(CC=C)CC=C. The van der Waals surface area contributed by atoms with Gasteiger partial charge in [0.25, 0.3) is 0 Å². The summed E-state index contributed by atoms with van der Waals surface area (Å²) in [4.78, 5) is 4.69. The molecule has 0 aliphatic rings. The van der Waals surface area contributed by atoms with Crippen LogP contribution >= 0.6 is 0 Å². The van der Waals surface area contributed by atoms with Gasteiger partial charge in [-0.3, -0.25) is 9.80 Å². The van der Waals surface area contributed by atoms with Crippen molar-refractivity contribution < 1.29 is 0 Å². The van der Waals surface area contributed by atoms with Crippen LogP contribution in [0.5, 0.6) is 0 Å². The highest BCUT2D eigenvalue weighted by Gasteiger charge is 2.01. The second kappa shape index (κ2) is 15.2. The zero-order chi connectivity index (χ0) is 15.8. The molecule has 0 amide bonds. The lowest BCUT2D eigenvalue weighted by molar-refractivity contribution is 0.318. The Hall–Kier alpha value is -1.16. The molecule has 0 aliphatic heterocycles. The lowest BCUT2D eigenvalue weighted by Gasteiger charge is -2.19. The Balaban J connectivity index is 3.57. The molecule has 0 rings (SSSR count). The molecule has 21 heavy (non-hydrogen) atoms. The Kier molecular flexibility index (Phi) is 14.4. The molecule has 0 heterocycles. The summed E-state index contributed by atoms with van der Waals surface area (Å²) in [6, 6.07) is 0. The molecule has 0 atom stereocenters. The van der Waals surface area contributed by atoms with Crippen molar-refractivity contribution in [1.29, 1.82) is 0 Å². The van der Waals surface area contributed by atoms with Gasteiger partial charge in [0, 0.05) is 26.2 Å². The number of nitrogens with one attached hydrogen (secondary N) is 1. The van der Waals surface area contributed by atoms with Crippen LogP contribution in [0.15, 0.2) is 50.6 Å². The first-order valence-corrected chi connectivity index (χ1v) is 7.87. The van der Waals surface area contributed by atoms with E-state index in [0.29, 0.717) is 0 Å². The highest BCUT2D eigenvalue weighted by Crippen LogP contribution is 1.93. The van der Waals surface area contributed by atoms with Crippen molar-refractivity contribution in [2.45, 2.75) is 12.8 Å². The molecule has 0 radical (unpaired) electrons. The predicted octanol–water partition coefficient (Wildman–Crippen LogP) is 2.70. The number of hydrogen-bond acceptors (Lipinski definition) is 3. The summed E-state index contributed by atoms with van der Waals surface area (Å²) in [5, 5.41) is 3.51. The third-order valence-corrected chi connectivity index (χ3v) is 3.20. The van der Waals surface area contributed by atoms with Gasteiger partial charge in [0.05, 0.1) is 0 Å². The second-order valence-corrected chi connectivity index (χ2v) is 5.13. The molecule has 3 nitrogen and oxygen atoms in total. The van der Waals surface area contributed by atoms with Gasteiger partial charge in [-0.05, 0) is 39.0 Å². The fourth-order valence-corrected chi connectivity index (χ4v) is 2.22. The lowest BCUT2D eigenvalue weighted by Crippen LogP contribution is -2.30. The minimum atomic E-state index is 0.935. The Bertz CT molecular complexity index is 238. The van der Waals surface area contributed by atoms with Crippen molar-refractivity contribution in [3.8, 4) is 0 Å². The first kappa shape index (κ1) is 19.8. The van der Waals surface area contributed by atoms with Crippen molar-refractivity contribution in [2.75, 3.05) is 52.4 Å². The van der Waals surface area contributed by atoms with E-state index in [4.69, 9.17) is 0 Å². The molecule has 0 unspecified atom stereocenters. The van der Waals surface area contributed by atoms with E-state index in [2.05, 4.69) is 41.4 Å². The van der Waals surface area contributed by atoms with Crippen LogP contribution in [0.2, 0.25) is 0 Å². The van der Waals surface area contributed by atoms with Gasteiger partial charge in [0.15, 0.2) is 0 Å². The Labute approximate surface area is 131 Å². The molecule has 0 saturated carbocycles. The highest BCUT2D eigenvalue weighted by atomic mass is 15.1. The third kappa shape index (κ3) is 12.3. The average molecular weight is 291 g/mol. The predicted molar refractivity (Wildman–Crippen MR) is 95.8 cm³/mol. The molecule has 120 valence electrons. The quantitative estimate of drug-likeness (QED) is 0.348. The smallest absolute Gasteiger partial charge is 0.0163 e. The topological polar surface area (TPSA) is 18.5 Å². The van der Waals surface area contributed by atoms with Gasteiger partial charge in [-0.1, -0.05) is 24.3 Å². The van der Waals surface area contributed by atoms with Crippen molar-refractivity contribution >= 4 is 0 Å². The minimum Gasteiger partial charge on any atom is -0.317 e. The van der Waals surface area contributed by atoms with E-state index in [0.717, 1.165) is 65.2 Å². The molecular formula is C18H33N3. The molecule has 0 bridgehead atoms. The standard InChI is InChI=1S/C18H33N3/c1-5-13-20(14-6-2)17-9-11-19-12-10-18-21(15-7-3)16-8-4/h5-8,19H,1-4,9-18H2. The van der Waals surface area contributed by atoms with Crippen molar-refractivity contribution in [3.63, 3.8) is 0 Å². The monoisotopic (exact) mass is 291 g/mol. The van der Waals surface area contributed by atoms with E-state index in [9.17, 15) is 0 Å². The van der Waals surface area contributed by atoms with E-state index >= 15 is 0 Å². The van der Waals surface area contributed by atoms with Gasteiger partial charge in [0.1, 0.15) is 0 Å². The van der Waals surface area contributed by atoms with Crippen molar-refractivity contribution in [2.24, 2.45) is 0 Å². The Morgan fingerprint density at radius 3 is 1.24 bits per heavy atom. The maximum atomic E-state index is 3.79. The summed E-state index contributed by atoms with van der Waals surface area (Å²) in [6.07, 6.45) is 10.1. The zero-order valence-electron chi connectivity index (χ0n) is 13.6. The first-order chi connectivity index (χ1) is 10.3. The van der Waals surface area contributed by atoms with Gasteiger partial charge in [0.2, 0.25) is 0 Å². The summed E-state index contributed by atoms with van der Waals surface area (Å²) in [7, 11) is 0. The van der Waals surface area contributed by atoms with Crippen LogP contribution in [0, 0.1) is 0 Å². The van der Waals surface area contributed by atoms with E-state index in [1.165, 1.54) is 0 Å². The van der Waals surface area contributed by atoms with Gasteiger partial charge >= 0.3 is 0 Å². The minimum absolute atomic E-state index is 0.935. The number of rotatable bonds is 16. The van der Waals surface area contributed by atoms with Crippen molar-refractivity contribution in [1.82, 2.24) is 15.1 Å². The zero-order valence-corrected chi connectivity index (χ0v) is 13.6. The van der Waals surface area contributed by atoms with Crippen LogP contribution in [0.3, 0.4) is 0 Å². The molecule has 0 aliphatic carbocycles. The third-order valence-electron chi connectivity index (χ3n) is 3.20. The van der Waals surface area contributed by atoms with E-state index < -0.39 is 0 Å². The molecular weight excluding hydrogens is 258 g/mol. The molecule has 0 aromatic heterocycles. The second-order valence-electron chi connectivity index (χ2n) is 5.13. The fourth-order valence-electron chi connectivity index (χ4n) is 2.22. The van der Waals surface area contributed by atoms with E-state index in [1.807, 2.05) is 24.3 Å². The number of nitrogens with zero attached hydrogens (tertiary/aromatic N) is 2. The normalized spacial score (nSPS) is 10.8. The van der Waals surface area contributed by atoms with Gasteiger partial charge in [-0.25, -0.2) is 0 Å². The average Bonchev–Trinajstić information content (AvgIpc) is 2.47.